The number of rotatable bonds is 3. The molecule has 0 saturated carbocycles. The summed E-state index contributed by atoms with van der Waals surface area (Å²) in [7, 11) is 1.84. The Labute approximate surface area is 65.2 Å². The van der Waals surface area contributed by atoms with E-state index in [1.165, 1.54) is 0 Å². The first kappa shape index (κ1) is 9.47. The van der Waals surface area contributed by atoms with Crippen molar-refractivity contribution in [1.29, 1.82) is 0 Å². The molecule has 0 aromatic rings. The molecule has 62 valence electrons. The standard InChI is InChI=1S/C8H18N2.H2/c1-5-7(3)8(9-4)10-6-2;/h7H,5-6H2,1-4H3,(H,9,10);1H. The molecule has 0 fully saturated rings. The summed E-state index contributed by atoms with van der Waals surface area (Å²) in [5.41, 5.74) is 0. The number of aliphatic imine (C=N–C) groups is 1. The van der Waals surface area contributed by atoms with Crippen LogP contribution in [0.3, 0.4) is 0 Å². The first-order valence-corrected chi connectivity index (χ1v) is 3.96. The van der Waals surface area contributed by atoms with Crippen LogP contribution in [0.5, 0.6) is 0 Å². The Hall–Kier alpha value is -0.530. The summed E-state index contributed by atoms with van der Waals surface area (Å²) in [4.78, 5) is 4.15. The number of nitrogens with zero attached hydrogens (tertiary/aromatic N) is 1. The van der Waals surface area contributed by atoms with Crippen molar-refractivity contribution >= 4 is 5.84 Å². The third-order valence-corrected chi connectivity index (χ3v) is 1.68. The summed E-state index contributed by atoms with van der Waals surface area (Å²) in [6.07, 6.45) is 1.15. The fourth-order valence-corrected chi connectivity index (χ4v) is 0.848. The Morgan fingerprint density at radius 3 is 2.50 bits per heavy atom. The van der Waals surface area contributed by atoms with Gasteiger partial charge in [-0.3, -0.25) is 4.99 Å². The highest BCUT2D eigenvalue weighted by atomic mass is 15.0. The molecule has 0 saturated heterocycles. The maximum absolute atomic E-state index is 4.15. The van der Waals surface area contributed by atoms with Crippen molar-refractivity contribution in [3.05, 3.63) is 0 Å². The summed E-state index contributed by atoms with van der Waals surface area (Å²) in [5.74, 6) is 1.70. The second kappa shape index (κ2) is 5.27. The molecule has 0 radical (unpaired) electrons. The maximum Gasteiger partial charge on any atom is 0.0987 e. The van der Waals surface area contributed by atoms with Gasteiger partial charge in [-0.25, -0.2) is 0 Å². The van der Waals surface area contributed by atoms with E-state index in [0.29, 0.717) is 5.92 Å². The highest BCUT2D eigenvalue weighted by molar-refractivity contribution is 5.83. The first-order chi connectivity index (χ1) is 4.76. The van der Waals surface area contributed by atoms with Crippen LogP contribution < -0.4 is 5.32 Å². The maximum atomic E-state index is 4.15. The predicted molar refractivity (Wildman–Crippen MR) is 48.6 cm³/mol. The van der Waals surface area contributed by atoms with Crippen LogP contribution in [0.4, 0.5) is 0 Å². The monoisotopic (exact) mass is 144 g/mol. The van der Waals surface area contributed by atoms with Crippen molar-refractivity contribution in [2.75, 3.05) is 13.6 Å². The smallest absolute Gasteiger partial charge is 0.0987 e. The van der Waals surface area contributed by atoms with Crippen LogP contribution in [-0.2, 0) is 0 Å². The quantitative estimate of drug-likeness (QED) is 0.475. The second-order valence-corrected chi connectivity index (χ2v) is 2.45. The zero-order valence-electron chi connectivity index (χ0n) is 7.44. The minimum atomic E-state index is 0. The van der Waals surface area contributed by atoms with Gasteiger partial charge in [0.2, 0.25) is 0 Å². The molecule has 10 heavy (non-hydrogen) atoms. The molecule has 1 atom stereocenters. The third-order valence-electron chi connectivity index (χ3n) is 1.68. The predicted octanol–water partition coefficient (Wildman–Crippen LogP) is 1.92. The Kier molecular flexibility index (Phi) is 4.99. The lowest BCUT2D eigenvalue weighted by Crippen LogP contribution is -2.28. The molecule has 0 bridgehead atoms. The number of hydrogen-bond donors (Lipinski definition) is 1. The van der Waals surface area contributed by atoms with Crippen molar-refractivity contribution in [3.8, 4) is 0 Å². The van der Waals surface area contributed by atoms with E-state index in [4.69, 9.17) is 0 Å². The zero-order valence-corrected chi connectivity index (χ0v) is 7.44. The van der Waals surface area contributed by atoms with Gasteiger partial charge in [-0.2, -0.15) is 0 Å². The summed E-state index contributed by atoms with van der Waals surface area (Å²) >= 11 is 0. The molecule has 0 aromatic carbocycles. The molecule has 0 aromatic heterocycles. The molecule has 2 heteroatoms. The number of hydrogen-bond acceptors (Lipinski definition) is 1. The van der Waals surface area contributed by atoms with Gasteiger partial charge in [-0.05, 0) is 13.3 Å². The van der Waals surface area contributed by atoms with Gasteiger partial charge in [-0.1, -0.05) is 13.8 Å². The van der Waals surface area contributed by atoms with Crippen molar-refractivity contribution in [3.63, 3.8) is 0 Å². The van der Waals surface area contributed by atoms with Crippen LogP contribution in [0.1, 0.15) is 28.6 Å². The second-order valence-electron chi connectivity index (χ2n) is 2.45. The van der Waals surface area contributed by atoms with Crippen LogP contribution in [0, 0.1) is 5.92 Å². The van der Waals surface area contributed by atoms with E-state index in [0.717, 1.165) is 18.8 Å². The van der Waals surface area contributed by atoms with Gasteiger partial charge in [-0.15, -0.1) is 0 Å². The zero-order chi connectivity index (χ0) is 7.98. The molecular formula is C8H20N2. The van der Waals surface area contributed by atoms with Gasteiger partial charge in [0.15, 0.2) is 0 Å². The average molecular weight is 144 g/mol. The van der Waals surface area contributed by atoms with E-state index >= 15 is 0 Å². The van der Waals surface area contributed by atoms with E-state index < -0.39 is 0 Å². The normalized spacial score (nSPS) is 15.0. The van der Waals surface area contributed by atoms with E-state index in [1.807, 2.05) is 7.05 Å². The van der Waals surface area contributed by atoms with Crippen molar-refractivity contribution in [1.82, 2.24) is 5.32 Å². The highest BCUT2D eigenvalue weighted by Gasteiger charge is 2.04. The van der Waals surface area contributed by atoms with Gasteiger partial charge in [0.1, 0.15) is 0 Å². The Morgan fingerprint density at radius 2 is 2.20 bits per heavy atom. The molecule has 0 aliphatic carbocycles. The van der Waals surface area contributed by atoms with Gasteiger partial charge in [0.05, 0.1) is 5.84 Å². The van der Waals surface area contributed by atoms with Crippen molar-refractivity contribution in [2.45, 2.75) is 27.2 Å². The molecule has 0 aliphatic heterocycles. The van der Waals surface area contributed by atoms with E-state index in [1.54, 1.807) is 0 Å². The SMILES string of the molecule is CCNC(=NC)C(C)CC.[HH]. The topological polar surface area (TPSA) is 24.4 Å². The number of nitrogens with one attached hydrogen (secondary N) is 1. The number of amidine groups is 1. The fraction of sp³-hybridized carbons (Fsp3) is 0.875. The Morgan fingerprint density at radius 1 is 1.60 bits per heavy atom. The lowest BCUT2D eigenvalue weighted by molar-refractivity contribution is 0.702. The summed E-state index contributed by atoms with van der Waals surface area (Å²) in [6.45, 7) is 7.42. The Balaban J connectivity index is 0. The fourth-order valence-electron chi connectivity index (χ4n) is 0.848. The van der Waals surface area contributed by atoms with Crippen LogP contribution in [-0.4, -0.2) is 19.4 Å². The van der Waals surface area contributed by atoms with E-state index in [-0.39, 0.29) is 1.43 Å². The highest BCUT2D eigenvalue weighted by Crippen LogP contribution is 2.00. The lowest BCUT2D eigenvalue weighted by Gasteiger charge is -2.12. The molecule has 0 aliphatic rings. The summed E-state index contributed by atoms with van der Waals surface area (Å²) < 4.78 is 0. The molecule has 0 rings (SSSR count). The minimum Gasteiger partial charge on any atom is -0.374 e. The van der Waals surface area contributed by atoms with Crippen LogP contribution in [0.15, 0.2) is 4.99 Å². The molecule has 0 spiro atoms. The molecular weight excluding hydrogens is 124 g/mol. The minimum absolute atomic E-state index is 0. The van der Waals surface area contributed by atoms with E-state index in [9.17, 15) is 0 Å². The molecule has 2 nitrogen and oxygen atoms in total. The Bertz CT molecular complexity index is 113. The van der Waals surface area contributed by atoms with Crippen LogP contribution in [0.2, 0.25) is 0 Å². The van der Waals surface area contributed by atoms with Crippen LogP contribution >= 0.6 is 0 Å². The molecule has 1 N–H and O–H groups in total. The largest absolute Gasteiger partial charge is 0.374 e. The summed E-state index contributed by atoms with van der Waals surface area (Å²) in [5, 5.41) is 3.23. The van der Waals surface area contributed by atoms with Gasteiger partial charge in [0.25, 0.3) is 0 Å². The molecule has 0 amide bonds. The van der Waals surface area contributed by atoms with E-state index in [2.05, 4.69) is 31.1 Å². The van der Waals surface area contributed by atoms with Gasteiger partial charge < -0.3 is 5.32 Å². The van der Waals surface area contributed by atoms with Crippen molar-refractivity contribution < 1.29 is 1.43 Å². The molecule has 0 heterocycles. The average Bonchev–Trinajstić information content (AvgIpc) is 1.99. The van der Waals surface area contributed by atoms with Gasteiger partial charge >= 0.3 is 0 Å². The first-order valence-electron chi connectivity index (χ1n) is 3.96. The summed E-state index contributed by atoms with van der Waals surface area (Å²) in [6, 6.07) is 0. The third kappa shape index (κ3) is 2.85. The lowest BCUT2D eigenvalue weighted by atomic mass is 10.1. The van der Waals surface area contributed by atoms with Gasteiger partial charge in [0, 0.05) is 20.9 Å². The molecule has 1 unspecified atom stereocenters. The van der Waals surface area contributed by atoms with Crippen LogP contribution in [0.25, 0.3) is 0 Å². The van der Waals surface area contributed by atoms with Crippen molar-refractivity contribution in [2.24, 2.45) is 10.9 Å².